The van der Waals surface area contributed by atoms with Crippen LogP contribution in [0.2, 0.25) is 0 Å². The molecular weight excluding hydrogens is 324 g/mol. The Labute approximate surface area is 145 Å². The van der Waals surface area contributed by atoms with Crippen LogP contribution in [0.3, 0.4) is 0 Å². The number of aromatic hydroxyl groups is 1. The summed E-state index contributed by atoms with van der Waals surface area (Å²) in [7, 11) is 0. The number of aromatic nitrogens is 2. The molecule has 2 aromatic rings. The molecule has 134 valence electrons. The van der Waals surface area contributed by atoms with Crippen molar-refractivity contribution >= 4 is 12.3 Å². The van der Waals surface area contributed by atoms with Gasteiger partial charge in [0, 0.05) is 6.21 Å². The minimum Gasteiger partial charge on any atom is -0.493 e. The standard InChI is InChI=1S/C17H22N4O4/c1-17(2,3)25-16(24)19-13(9-12-7-5-4-6-8-12)10-18-21-11-14(22)20-15(21)23/h4-8,10-11,13,22H,9H2,1-3H3,(H,19,24)(H,20,23). The molecule has 1 atom stereocenters. The number of alkyl carbamates (subject to hydrolysis) is 1. The first-order valence-electron chi connectivity index (χ1n) is 7.81. The van der Waals surface area contributed by atoms with Crippen molar-refractivity contribution in [3.8, 4) is 5.88 Å². The number of aromatic amines is 1. The van der Waals surface area contributed by atoms with Crippen molar-refractivity contribution in [3.05, 3.63) is 52.6 Å². The van der Waals surface area contributed by atoms with E-state index in [2.05, 4.69) is 15.4 Å². The van der Waals surface area contributed by atoms with Gasteiger partial charge in [0.2, 0.25) is 5.88 Å². The number of imidazole rings is 1. The second kappa shape index (κ2) is 7.69. The molecular formula is C17H22N4O4. The number of ether oxygens (including phenoxy) is 1. The largest absolute Gasteiger partial charge is 0.493 e. The van der Waals surface area contributed by atoms with Crippen molar-refractivity contribution in [1.29, 1.82) is 0 Å². The van der Waals surface area contributed by atoms with Gasteiger partial charge in [-0.1, -0.05) is 30.3 Å². The van der Waals surface area contributed by atoms with Gasteiger partial charge in [0.05, 0.1) is 12.2 Å². The molecule has 1 amide bonds. The Morgan fingerprint density at radius 3 is 2.64 bits per heavy atom. The Kier molecular flexibility index (Phi) is 5.63. The van der Waals surface area contributed by atoms with Gasteiger partial charge >= 0.3 is 11.8 Å². The zero-order chi connectivity index (χ0) is 18.4. The number of rotatable bonds is 5. The summed E-state index contributed by atoms with van der Waals surface area (Å²) in [4.78, 5) is 25.8. The van der Waals surface area contributed by atoms with Crippen LogP contribution in [0.4, 0.5) is 4.79 Å². The third-order valence-corrected chi connectivity index (χ3v) is 3.06. The van der Waals surface area contributed by atoms with E-state index in [9.17, 15) is 14.7 Å². The summed E-state index contributed by atoms with van der Waals surface area (Å²) in [6, 6.07) is 9.03. The van der Waals surface area contributed by atoms with Crippen LogP contribution in [-0.4, -0.2) is 38.7 Å². The molecule has 0 aliphatic heterocycles. The van der Waals surface area contributed by atoms with Crippen molar-refractivity contribution < 1.29 is 14.6 Å². The maximum Gasteiger partial charge on any atom is 0.408 e. The highest BCUT2D eigenvalue weighted by Crippen LogP contribution is 2.08. The van der Waals surface area contributed by atoms with Crippen LogP contribution >= 0.6 is 0 Å². The number of hydrogen-bond donors (Lipinski definition) is 3. The summed E-state index contributed by atoms with van der Waals surface area (Å²) in [5, 5.41) is 16.0. The molecule has 1 aromatic carbocycles. The number of benzene rings is 1. The first-order chi connectivity index (χ1) is 11.7. The SMILES string of the molecule is CC(C)(C)OC(=O)NC(C=Nn1cc(O)[nH]c1=O)Cc1ccccc1. The Morgan fingerprint density at radius 2 is 2.08 bits per heavy atom. The summed E-state index contributed by atoms with van der Waals surface area (Å²) in [5.41, 5.74) is -0.217. The fourth-order valence-electron chi connectivity index (χ4n) is 2.08. The monoisotopic (exact) mass is 346 g/mol. The van der Waals surface area contributed by atoms with E-state index in [1.807, 2.05) is 30.3 Å². The summed E-state index contributed by atoms with van der Waals surface area (Å²) in [6.45, 7) is 5.32. The van der Waals surface area contributed by atoms with E-state index in [1.165, 1.54) is 6.21 Å². The highest BCUT2D eigenvalue weighted by molar-refractivity contribution is 5.75. The van der Waals surface area contributed by atoms with E-state index in [4.69, 9.17) is 4.74 Å². The summed E-state index contributed by atoms with van der Waals surface area (Å²) in [5.74, 6) is -0.290. The van der Waals surface area contributed by atoms with Gasteiger partial charge in [-0.3, -0.25) is 4.98 Å². The number of H-pyrrole nitrogens is 1. The van der Waals surface area contributed by atoms with Gasteiger partial charge in [0.15, 0.2) is 0 Å². The molecule has 0 bridgehead atoms. The van der Waals surface area contributed by atoms with Crippen LogP contribution in [0.15, 0.2) is 46.4 Å². The molecule has 8 heteroatoms. The molecule has 25 heavy (non-hydrogen) atoms. The second-order valence-corrected chi connectivity index (χ2v) is 6.50. The molecule has 0 saturated heterocycles. The van der Waals surface area contributed by atoms with Gasteiger partial charge in [0.1, 0.15) is 5.60 Å². The third-order valence-electron chi connectivity index (χ3n) is 3.06. The predicted molar refractivity (Wildman–Crippen MR) is 93.9 cm³/mol. The Morgan fingerprint density at radius 1 is 1.40 bits per heavy atom. The molecule has 2 rings (SSSR count). The Bertz CT molecular complexity index is 787. The maximum absolute atomic E-state index is 12.0. The molecule has 1 unspecified atom stereocenters. The van der Waals surface area contributed by atoms with E-state index >= 15 is 0 Å². The van der Waals surface area contributed by atoms with E-state index in [0.717, 1.165) is 16.4 Å². The second-order valence-electron chi connectivity index (χ2n) is 6.50. The van der Waals surface area contributed by atoms with Gasteiger partial charge < -0.3 is 15.2 Å². The number of nitrogens with zero attached hydrogens (tertiary/aromatic N) is 2. The minimum atomic E-state index is -0.623. The summed E-state index contributed by atoms with van der Waals surface area (Å²) in [6.07, 6.45) is 2.45. The van der Waals surface area contributed by atoms with Gasteiger partial charge in [-0.15, -0.1) is 0 Å². The number of carbonyl (C=O) groups excluding carboxylic acids is 1. The number of amides is 1. The summed E-state index contributed by atoms with van der Waals surface area (Å²) < 4.78 is 6.21. The first-order valence-corrected chi connectivity index (χ1v) is 7.81. The average molecular weight is 346 g/mol. The lowest BCUT2D eigenvalue weighted by Crippen LogP contribution is -2.41. The summed E-state index contributed by atoms with van der Waals surface area (Å²) >= 11 is 0. The van der Waals surface area contributed by atoms with Crippen LogP contribution in [-0.2, 0) is 11.2 Å². The first kappa shape index (κ1) is 18.3. The fourth-order valence-corrected chi connectivity index (χ4v) is 2.08. The quantitative estimate of drug-likeness (QED) is 0.718. The molecule has 0 saturated carbocycles. The molecule has 1 aromatic heterocycles. The van der Waals surface area contributed by atoms with E-state index in [0.29, 0.717) is 6.42 Å². The number of hydrogen-bond acceptors (Lipinski definition) is 5. The molecule has 3 N–H and O–H groups in total. The average Bonchev–Trinajstić information content (AvgIpc) is 2.82. The van der Waals surface area contributed by atoms with Gasteiger partial charge in [-0.2, -0.15) is 9.78 Å². The highest BCUT2D eigenvalue weighted by atomic mass is 16.6. The Hall–Kier alpha value is -3.03. The predicted octanol–water partition coefficient (Wildman–Crippen LogP) is 1.85. The third kappa shape index (κ3) is 6.17. The van der Waals surface area contributed by atoms with E-state index in [-0.39, 0.29) is 5.88 Å². The molecule has 0 fully saturated rings. The van der Waals surface area contributed by atoms with Crippen LogP contribution < -0.4 is 11.0 Å². The Balaban J connectivity index is 2.15. The van der Waals surface area contributed by atoms with Crippen molar-refractivity contribution in [2.24, 2.45) is 5.10 Å². The van der Waals surface area contributed by atoms with Crippen molar-refractivity contribution in [2.75, 3.05) is 0 Å². The van der Waals surface area contributed by atoms with Crippen molar-refractivity contribution in [3.63, 3.8) is 0 Å². The molecule has 0 spiro atoms. The molecule has 0 radical (unpaired) electrons. The van der Waals surface area contributed by atoms with Crippen LogP contribution in [0.25, 0.3) is 0 Å². The van der Waals surface area contributed by atoms with Gasteiger partial charge in [-0.25, -0.2) is 9.59 Å². The van der Waals surface area contributed by atoms with Crippen LogP contribution in [0.5, 0.6) is 5.88 Å². The zero-order valence-corrected chi connectivity index (χ0v) is 14.4. The minimum absolute atomic E-state index is 0.290. The molecule has 8 nitrogen and oxygen atoms in total. The lowest BCUT2D eigenvalue weighted by molar-refractivity contribution is 0.0519. The topological polar surface area (TPSA) is 109 Å². The lowest BCUT2D eigenvalue weighted by atomic mass is 10.1. The zero-order valence-electron chi connectivity index (χ0n) is 14.4. The molecule has 0 aliphatic rings. The van der Waals surface area contributed by atoms with Gasteiger partial charge in [0.25, 0.3) is 0 Å². The van der Waals surface area contributed by atoms with E-state index in [1.54, 1.807) is 20.8 Å². The van der Waals surface area contributed by atoms with E-state index < -0.39 is 23.4 Å². The van der Waals surface area contributed by atoms with Crippen LogP contribution in [0.1, 0.15) is 26.3 Å². The molecule has 1 heterocycles. The number of carbonyl (C=O) groups is 1. The smallest absolute Gasteiger partial charge is 0.408 e. The van der Waals surface area contributed by atoms with Crippen molar-refractivity contribution in [2.45, 2.75) is 38.8 Å². The van der Waals surface area contributed by atoms with Crippen LogP contribution in [0, 0.1) is 0 Å². The normalized spacial score (nSPS) is 12.9. The number of nitrogens with one attached hydrogen (secondary N) is 2. The molecule has 0 aliphatic carbocycles. The van der Waals surface area contributed by atoms with Gasteiger partial charge in [-0.05, 0) is 32.8 Å². The maximum atomic E-state index is 12.0. The van der Waals surface area contributed by atoms with Crippen molar-refractivity contribution in [1.82, 2.24) is 15.0 Å². The fraction of sp³-hybridized carbons (Fsp3) is 0.353. The highest BCUT2D eigenvalue weighted by Gasteiger charge is 2.19. The lowest BCUT2D eigenvalue weighted by Gasteiger charge is -2.22.